The van der Waals surface area contributed by atoms with E-state index < -0.39 is 18.0 Å². The zero-order valence-corrected chi connectivity index (χ0v) is 9.67. The Morgan fingerprint density at radius 2 is 2.29 bits per heavy atom. The van der Waals surface area contributed by atoms with Gasteiger partial charge in [0.1, 0.15) is 12.4 Å². The molecule has 1 aromatic rings. The molecule has 0 aromatic carbocycles. The molecule has 1 heterocycles. The van der Waals surface area contributed by atoms with Crippen molar-refractivity contribution in [3.05, 3.63) is 12.2 Å². The van der Waals surface area contributed by atoms with E-state index in [9.17, 15) is 9.59 Å². The predicted molar refractivity (Wildman–Crippen MR) is 58.1 cm³/mol. The lowest BCUT2D eigenvalue weighted by Crippen LogP contribution is -2.45. The molecule has 0 saturated carbocycles. The van der Waals surface area contributed by atoms with Crippen molar-refractivity contribution in [3.63, 3.8) is 0 Å². The summed E-state index contributed by atoms with van der Waals surface area (Å²) < 4.78 is 1.51. The summed E-state index contributed by atoms with van der Waals surface area (Å²) in [6.07, 6.45) is 1.84. The van der Waals surface area contributed by atoms with E-state index in [0.29, 0.717) is 12.2 Å². The monoisotopic (exact) mass is 241 g/mol. The Kier molecular flexibility index (Phi) is 4.44. The average Bonchev–Trinajstić information content (AvgIpc) is 2.68. The second-order valence-electron chi connectivity index (χ2n) is 3.46. The van der Waals surface area contributed by atoms with Crippen molar-refractivity contribution in [2.75, 3.05) is 0 Å². The molecular formula is C9H15N5O3. The van der Waals surface area contributed by atoms with Gasteiger partial charge in [-0.15, -0.1) is 0 Å². The summed E-state index contributed by atoms with van der Waals surface area (Å²) in [7, 11) is 1.72. The number of nitrogens with zero attached hydrogens (tertiary/aromatic N) is 3. The van der Waals surface area contributed by atoms with Gasteiger partial charge in [-0.1, -0.05) is 6.92 Å². The number of nitrogens with one attached hydrogen (secondary N) is 2. The maximum atomic E-state index is 11.3. The molecule has 1 unspecified atom stereocenters. The highest BCUT2D eigenvalue weighted by atomic mass is 16.4. The van der Waals surface area contributed by atoms with E-state index in [2.05, 4.69) is 20.7 Å². The van der Waals surface area contributed by atoms with Gasteiger partial charge in [0.15, 0.2) is 5.82 Å². The van der Waals surface area contributed by atoms with Gasteiger partial charge in [-0.2, -0.15) is 5.10 Å². The van der Waals surface area contributed by atoms with Crippen molar-refractivity contribution in [2.24, 2.45) is 7.05 Å². The molecule has 0 aliphatic carbocycles. The summed E-state index contributed by atoms with van der Waals surface area (Å²) in [4.78, 5) is 25.9. The van der Waals surface area contributed by atoms with Gasteiger partial charge in [-0.25, -0.2) is 14.6 Å². The molecular weight excluding hydrogens is 226 g/mol. The minimum absolute atomic E-state index is 0.155. The van der Waals surface area contributed by atoms with Crippen LogP contribution in [0.5, 0.6) is 0 Å². The van der Waals surface area contributed by atoms with E-state index in [4.69, 9.17) is 5.11 Å². The molecule has 3 N–H and O–H groups in total. The third-order valence-corrected chi connectivity index (χ3v) is 2.07. The number of carboxylic acid groups (broad SMARTS) is 1. The number of urea groups is 1. The Balaban J connectivity index is 2.37. The molecule has 0 bridgehead atoms. The Hall–Kier alpha value is -2.12. The van der Waals surface area contributed by atoms with Gasteiger partial charge in [0, 0.05) is 7.05 Å². The van der Waals surface area contributed by atoms with E-state index >= 15 is 0 Å². The first-order chi connectivity index (χ1) is 8.02. The molecule has 0 fully saturated rings. The zero-order valence-electron chi connectivity index (χ0n) is 9.67. The Morgan fingerprint density at radius 1 is 1.59 bits per heavy atom. The van der Waals surface area contributed by atoms with Crippen LogP contribution in [0.25, 0.3) is 0 Å². The predicted octanol–water partition coefficient (Wildman–Crippen LogP) is -0.522. The van der Waals surface area contributed by atoms with Crippen molar-refractivity contribution in [1.82, 2.24) is 25.4 Å². The first-order valence-electron chi connectivity index (χ1n) is 5.14. The summed E-state index contributed by atoms with van der Waals surface area (Å²) in [5.41, 5.74) is 0. The highest BCUT2D eigenvalue weighted by molar-refractivity contribution is 5.82. The number of carboxylic acids is 1. The maximum Gasteiger partial charge on any atom is 0.326 e. The van der Waals surface area contributed by atoms with Crippen molar-refractivity contribution < 1.29 is 14.7 Å². The van der Waals surface area contributed by atoms with Crippen LogP contribution in [0.4, 0.5) is 4.79 Å². The molecule has 1 rings (SSSR count). The molecule has 8 heteroatoms. The number of amides is 2. The topological polar surface area (TPSA) is 109 Å². The number of aromatic nitrogens is 3. The number of rotatable bonds is 5. The molecule has 2 amide bonds. The normalized spacial score (nSPS) is 11.9. The largest absolute Gasteiger partial charge is 0.480 e. The highest BCUT2D eigenvalue weighted by Gasteiger charge is 2.17. The summed E-state index contributed by atoms with van der Waals surface area (Å²) >= 11 is 0. The first-order valence-corrected chi connectivity index (χ1v) is 5.14. The van der Waals surface area contributed by atoms with Crippen LogP contribution < -0.4 is 10.6 Å². The summed E-state index contributed by atoms with van der Waals surface area (Å²) in [6, 6.07) is -1.43. The smallest absolute Gasteiger partial charge is 0.326 e. The number of carbonyl (C=O) groups excluding carboxylic acids is 1. The summed E-state index contributed by atoms with van der Waals surface area (Å²) in [5.74, 6) is -0.593. The van der Waals surface area contributed by atoms with Crippen molar-refractivity contribution in [1.29, 1.82) is 0 Å². The van der Waals surface area contributed by atoms with Gasteiger partial charge < -0.3 is 15.7 Å². The van der Waals surface area contributed by atoms with Crippen molar-refractivity contribution in [2.45, 2.75) is 25.9 Å². The van der Waals surface area contributed by atoms with Crippen LogP contribution in [-0.2, 0) is 18.4 Å². The Morgan fingerprint density at radius 3 is 2.76 bits per heavy atom. The van der Waals surface area contributed by atoms with Gasteiger partial charge in [0.2, 0.25) is 0 Å². The summed E-state index contributed by atoms with van der Waals surface area (Å²) in [5, 5.41) is 17.5. The first kappa shape index (κ1) is 12.9. The standard InChI is InChI=1S/C9H15N5O3/c1-3-6(8(15)16)12-9(17)10-4-7-11-5-14(2)13-7/h5-6H,3-4H2,1-2H3,(H,15,16)(H2,10,12,17). The second-order valence-corrected chi connectivity index (χ2v) is 3.46. The van der Waals surface area contributed by atoms with E-state index in [-0.39, 0.29) is 6.54 Å². The molecule has 94 valence electrons. The number of aliphatic carboxylic acids is 1. The molecule has 1 atom stereocenters. The molecule has 0 saturated heterocycles. The van der Waals surface area contributed by atoms with Crippen molar-refractivity contribution in [3.8, 4) is 0 Å². The number of aryl methyl sites for hydroxylation is 1. The molecule has 0 radical (unpaired) electrons. The van der Waals surface area contributed by atoms with Crippen LogP contribution >= 0.6 is 0 Å². The Bertz CT molecular complexity index is 403. The molecule has 1 aromatic heterocycles. The minimum Gasteiger partial charge on any atom is -0.480 e. The van der Waals surface area contributed by atoms with Gasteiger partial charge in [0.25, 0.3) is 0 Å². The summed E-state index contributed by atoms with van der Waals surface area (Å²) in [6.45, 7) is 1.84. The van der Waals surface area contributed by atoms with E-state index in [1.807, 2.05) is 0 Å². The second kappa shape index (κ2) is 5.83. The van der Waals surface area contributed by atoms with E-state index in [1.54, 1.807) is 14.0 Å². The fourth-order valence-electron chi connectivity index (χ4n) is 1.17. The highest BCUT2D eigenvalue weighted by Crippen LogP contribution is 1.91. The number of hydrogen-bond donors (Lipinski definition) is 3. The Labute approximate surface area is 98.0 Å². The van der Waals surface area contributed by atoms with E-state index in [0.717, 1.165) is 0 Å². The molecule has 17 heavy (non-hydrogen) atoms. The van der Waals surface area contributed by atoms with Gasteiger partial charge in [0.05, 0.1) is 6.54 Å². The average molecular weight is 241 g/mol. The lowest BCUT2D eigenvalue weighted by Gasteiger charge is -2.12. The quantitative estimate of drug-likeness (QED) is 0.642. The molecule has 0 spiro atoms. The maximum absolute atomic E-state index is 11.3. The SMILES string of the molecule is CCC(NC(=O)NCc1ncn(C)n1)C(=O)O. The van der Waals surface area contributed by atoms with Crippen LogP contribution in [0.3, 0.4) is 0 Å². The lowest BCUT2D eigenvalue weighted by atomic mass is 10.2. The van der Waals surface area contributed by atoms with Crippen LogP contribution in [0, 0.1) is 0 Å². The van der Waals surface area contributed by atoms with Gasteiger partial charge >= 0.3 is 12.0 Å². The fraction of sp³-hybridized carbons (Fsp3) is 0.556. The molecule has 8 nitrogen and oxygen atoms in total. The van der Waals surface area contributed by atoms with Crippen molar-refractivity contribution >= 4 is 12.0 Å². The third kappa shape index (κ3) is 4.09. The lowest BCUT2D eigenvalue weighted by molar-refractivity contribution is -0.139. The van der Waals surface area contributed by atoms with Crippen LogP contribution in [-0.4, -0.2) is 37.9 Å². The third-order valence-electron chi connectivity index (χ3n) is 2.07. The van der Waals surface area contributed by atoms with Crippen LogP contribution in [0.15, 0.2) is 6.33 Å². The van der Waals surface area contributed by atoms with Crippen LogP contribution in [0.1, 0.15) is 19.2 Å². The fourth-order valence-corrected chi connectivity index (χ4v) is 1.17. The zero-order chi connectivity index (χ0) is 12.8. The van der Waals surface area contributed by atoms with Gasteiger partial charge in [-0.3, -0.25) is 4.68 Å². The number of carbonyl (C=O) groups is 2. The molecule has 0 aliphatic heterocycles. The van der Waals surface area contributed by atoms with E-state index in [1.165, 1.54) is 11.0 Å². The molecule has 0 aliphatic rings. The minimum atomic E-state index is -1.06. The number of hydrogen-bond acceptors (Lipinski definition) is 4. The van der Waals surface area contributed by atoms with Crippen LogP contribution in [0.2, 0.25) is 0 Å². The van der Waals surface area contributed by atoms with Gasteiger partial charge in [-0.05, 0) is 6.42 Å².